The molecule has 0 spiro atoms. The summed E-state index contributed by atoms with van der Waals surface area (Å²) in [6, 6.07) is 14.1. The summed E-state index contributed by atoms with van der Waals surface area (Å²) in [6.45, 7) is 1.76. The Morgan fingerprint density at radius 2 is 1.59 bits per heavy atom. The van der Waals surface area contributed by atoms with E-state index in [9.17, 15) is 9.18 Å². The number of aromatic amines is 1. The summed E-state index contributed by atoms with van der Waals surface area (Å²) in [5.74, 6) is -4.54. The van der Waals surface area contributed by atoms with E-state index in [0.29, 0.717) is 19.6 Å². The summed E-state index contributed by atoms with van der Waals surface area (Å²) < 4.78 is 13.5. The molecule has 0 aliphatic rings. The lowest BCUT2D eigenvalue weighted by molar-refractivity contribution is -0.159. The smallest absolute Gasteiger partial charge is 0.414 e. The minimum atomic E-state index is -1.82. The second-order valence-corrected chi connectivity index (χ2v) is 5.88. The van der Waals surface area contributed by atoms with Gasteiger partial charge in [-0.1, -0.05) is 30.3 Å². The molecule has 152 valence electrons. The number of carbonyl (C=O) groups excluding carboxylic acids is 1. The van der Waals surface area contributed by atoms with Crippen molar-refractivity contribution in [3.05, 3.63) is 71.7 Å². The van der Waals surface area contributed by atoms with Crippen molar-refractivity contribution < 1.29 is 29.0 Å². The van der Waals surface area contributed by atoms with Crippen LogP contribution in [0.4, 0.5) is 4.39 Å². The zero-order chi connectivity index (χ0) is 21.2. The molecule has 0 unspecified atom stereocenters. The monoisotopic (exact) mass is 401 g/mol. The Bertz CT molecular complexity index is 990. The largest absolute Gasteiger partial charge is 0.473 e. The minimum absolute atomic E-state index is 0.0733. The minimum Gasteiger partial charge on any atom is -0.473 e. The average Bonchev–Trinajstić information content (AvgIpc) is 3.11. The first kappa shape index (κ1) is 21.6. The maximum atomic E-state index is 13.5. The highest BCUT2D eigenvalue weighted by atomic mass is 19.1. The molecule has 0 radical (unpaired) electrons. The first-order valence-electron chi connectivity index (χ1n) is 8.64. The Hall–Kier alpha value is -3.72. The van der Waals surface area contributed by atoms with Gasteiger partial charge in [0.05, 0.1) is 5.56 Å². The van der Waals surface area contributed by atoms with Crippen molar-refractivity contribution in [3.8, 4) is 0 Å². The quantitative estimate of drug-likeness (QED) is 0.317. The summed E-state index contributed by atoms with van der Waals surface area (Å²) in [5.41, 5.74) is 2.36. The van der Waals surface area contributed by atoms with Gasteiger partial charge in [0, 0.05) is 36.7 Å². The van der Waals surface area contributed by atoms with E-state index in [0.717, 1.165) is 5.52 Å². The molecule has 3 rings (SSSR count). The molecule has 29 heavy (non-hydrogen) atoms. The van der Waals surface area contributed by atoms with Crippen LogP contribution >= 0.6 is 0 Å². The van der Waals surface area contributed by atoms with E-state index in [2.05, 4.69) is 21.7 Å². The second-order valence-electron chi connectivity index (χ2n) is 5.88. The average molecular weight is 401 g/mol. The molecule has 5 N–H and O–H groups in total. The van der Waals surface area contributed by atoms with Crippen LogP contribution in [0, 0.1) is 5.82 Å². The molecule has 8 nitrogen and oxygen atoms in total. The van der Waals surface area contributed by atoms with Crippen LogP contribution in [0.25, 0.3) is 10.9 Å². The molecule has 1 amide bonds. The Labute approximate surface area is 165 Å². The molecular weight excluding hydrogens is 381 g/mol. The highest BCUT2D eigenvalue weighted by molar-refractivity contribution is 6.27. The summed E-state index contributed by atoms with van der Waals surface area (Å²) in [5, 5.41) is 22.0. The van der Waals surface area contributed by atoms with Crippen molar-refractivity contribution in [2.75, 3.05) is 13.1 Å². The van der Waals surface area contributed by atoms with Crippen molar-refractivity contribution in [1.82, 2.24) is 15.6 Å². The van der Waals surface area contributed by atoms with Crippen LogP contribution in [0.5, 0.6) is 0 Å². The number of aromatic nitrogens is 1. The van der Waals surface area contributed by atoms with Crippen LogP contribution in [0.2, 0.25) is 0 Å². The number of nitrogens with one attached hydrogen (secondary N) is 3. The van der Waals surface area contributed by atoms with Gasteiger partial charge in [-0.25, -0.2) is 14.0 Å². The van der Waals surface area contributed by atoms with Gasteiger partial charge in [-0.15, -0.1) is 0 Å². The van der Waals surface area contributed by atoms with E-state index in [1.54, 1.807) is 12.1 Å². The van der Waals surface area contributed by atoms with Gasteiger partial charge in [0.2, 0.25) is 0 Å². The van der Waals surface area contributed by atoms with Gasteiger partial charge in [0.1, 0.15) is 5.82 Å². The van der Waals surface area contributed by atoms with Gasteiger partial charge in [0.25, 0.3) is 5.91 Å². The second kappa shape index (κ2) is 10.6. The van der Waals surface area contributed by atoms with Crippen molar-refractivity contribution in [1.29, 1.82) is 0 Å². The zero-order valence-corrected chi connectivity index (χ0v) is 15.3. The van der Waals surface area contributed by atoms with Crippen LogP contribution < -0.4 is 10.6 Å². The number of carboxylic acid groups (broad SMARTS) is 2. The Kier molecular flexibility index (Phi) is 7.87. The first-order chi connectivity index (χ1) is 13.9. The number of rotatable bonds is 6. The number of para-hydroxylation sites is 1. The highest BCUT2D eigenvalue weighted by Gasteiger charge is 2.09. The summed E-state index contributed by atoms with van der Waals surface area (Å²) in [6.07, 6.45) is 1.98. The molecule has 0 bridgehead atoms. The molecule has 0 saturated carbocycles. The molecular formula is C20H20FN3O5. The van der Waals surface area contributed by atoms with E-state index in [1.807, 2.05) is 24.4 Å². The number of halogens is 1. The predicted molar refractivity (Wildman–Crippen MR) is 104 cm³/mol. The van der Waals surface area contributed by atoms with E-state index in [4.69, 9.17) is 19.8 Å². The third-order valence-electron chi connectivity index (χ3n) is 3.88. The number of hydrogen-bond acceptors (Lipinski definition) is 4. The molecule has 1 heterocycles. The van der Waals surface area contributed by atoms with Crippen LogP contribution in [0.1, 0.15) is 15.9 Å². The first-order valence-corrected chi connectivity index (χ1v) is 8.64. The zero-order valence-electron chi connectivity index (χ0n) is 15.3. The lowest BCUT2D eigenvalue weighted by Gasteiger charge is -2.07. The maximum Gasteiger partial charge on any atom is 0.414 e. The number of hydrogen-bond donors (Lipinski definition) is 5. The molecule has 2 aromatic carbocycles. The summed E-state index contributed by atoms with van der Waals surface area (Å²) >= 11 is 0. The SMILES string of the molecule is O=C(NCCNCc1c[nH]c2ccccc12)c1ccccc1F.O=C(O)C(=O)O. The van der Waals surface area contributed by atoms with Gasteiger partial charge >= 0.3 is 11.9 Å². The third-order valence-corrected chi connectivity index (χ3v) is 3.88. The Morgan fingerprint density at radius 1 is 0.931 bits per heavy atom. The Morgan fingerprint density at radius 3 is 2.28 bits per heavy atom. The number of H-pyrrole nitrogens is 1. The maximum absolute atomic E-state index is 13.5. The van der Waals surface area contributed by atoms with Crippen LogP contribution in [-0.2, 0) is 16.1 Å². The number of fused-ring (bicyclic) bond motifs is 1. The molecule has 0 aliphatic carbocycles. The van der Waals surface area contributed by atoms with E-state index >= 15 is 0 Å². The molecule has 0 saturated heterocycles. The van der Waals surface area contributed by atoms with Gasteiger partial charge in [-0.05, 0) is 23.8 Å². The molecule has 0 atom stereocenters. The standard InChI is InChI=1S/C18H18FN3O.C2H2O4/c19-16-7-3-1-6-15(16)18(23)21-10-9-20-11-13-12-22-17-8-4-2-5-14(13)17;3-1(4)2(5)6/h1-8,12,20,22H,9-11H2,(H,21,23);(H,3,4)(H,5,6). The molecule has 0 fully saturated rings. The summed E-state index contributed by atoms with van der Waals surface area (Å²) in [7, 11) is 0. The van der Waals surface area contributed by atoms with Crippen LogP contribution in [-0.4, -0.2) is 46.1 Å². The molecule has 1 aromatic heterocycles. The van der Waals surface area contributed by atoms with Gasteiger partial charge in [0.15, 0.2) is 0 Å². The topological polar surface area (TPSA) is 132 Å². The fraction of sp³-hybridized carbons (Fsp3) is 0.150. The fourth-order valence-electron chi connectivity index (χ4n) is 2.51. The van der Waals surface area contributed by atoms with E-state index in [-0.39, 0.29) is 5.56 Å². The fourth-order valence-corrected chi connectivity index (χ4v) is 2.51. The highest BCUT2D eigenvalue weighted by Crippen LogP contribution is 2.17. The molecule has 9 heteroatoms. The predicted octanol–water partition coefficient (Wildman–Crippen LogP) is 1.98. The number of amides is 1. The summed E-state index contributed by atoms with van der Waals surface area (Å²) in [4.78, 5) is 33.3. The Balaban J connectivity index is 0.000000438. The van der Waals surface area contributed by atoms with Crippen molar-refractivity contribution in [2.45, 2.75) is 6.54 Å². The molecule has 0 aliphatic heterocycles. The van der Waals surface area contributed by atoms with Crippen LogP contribution in [0.15, 0.2) is 54.7 Å². The van der Waals surface area contributed by atoms with Gasteiger partial charge in [-0.3, -0.25) is 4.79 Å². The lowest BCUT2D eigenvalue weighted by Crippen LogP contribution is -2.32. The van der Waals surface area contributed by atoms with Gasteiger partial charge < -0.3 is 25.8 Å². The number of benzene rings is 2. The van der Waals surface area contributed by atoms with Gasteiger partial charge in [-0.2, -0.15) is 0 Å². The number of aliphatic carboxylic acids is 2. The number of carbonyl (C=O) groups is 3. The van der Waals surface area contributed by atoms with E-state index in [1.165, 1.54) is 23.1 Å². The third kappa shape index (κ3) is 6.43. The van der Waals surface area contributed by atoms with Crippen LogP contribution in [0.3, 0.4) is 0 Å². The number of carboxylic acids is 2. The van der Waals surface area contributed by atoms with Crippen molar-refractivity contribution in [2.24, 2.45) is 0 Å². The van der Waals surface area contributed by atoms with Crippen molar-refractivity contribution >= 4 is 28.7 Å². The lowest BCUT2D eigenvalue weighted by atomic mass is 10.2. The normalized spacial score (nSPS) is 10.1. The molecule has 3 aromatic rings. The van der Waals surface area contributed by atoms with E-state index < -0.39 is 23.7 Å². The van der Waals surface area contributed by atoms with Crippen molar-refractivity contribution in [3.63, 3.8) is 0 Å².